The van der Waals surface area contributed by atoms with E-state index in [9.17, 15) is 5.11 Å². The summed E-state index contributed by atoms with van der Waals surface area (Å²) in [7, 11) is 0. The second-order valence-electron chi connectivity index (χ2n) is 7.00. The molecule has 2 heteroatoms. The van der Waals surface area contributed by atoms with Gasteiger partial charge in [-0.25, -0.2) is 0 Å². The zero-order chi connectivity index (χ0) is 15.3. The first-order valence-corrected chi connectivity index (χ1v) is 8.54. The number of rotatable bonds is 6. The molecule has 0 bridgehead atoms. The van der Waals surface area contributed by atoms with Crippen LogP contribution < -0.4 is 5.73 Å². The van der Waals surface area contributed by atoms with Crippen molar-refractivity contribution in [1.82, 2.24) is 0 Å². The van der Waals surface area contributed by atoms with E-state index >= 15 is 0 Å². The Morgan fingerprint density at radius 2 is 2.05 bits per heavy atom. The first kappa shape index (κ1) is 16.5. The number of benzene rings is 1. The molecule has 1 saturated carbocycles. The second-order valence-corrected chi connectivity index (χ2v) is 7.00. The topological polar surface area (TPSA) is 46.2 Å². The summed E-state index contributed by atoms with van der Waals surface area (Å²) in [6.07, 6.45) is 6.45. The monoisotopic (exact) mass is 289 g/mol. The summed E-state index contributed by atoms with van der Waals surface area (Å²) in [4.78, 5) is 0. The minimum Gasteiger partial charge on any atom is -0.392 e. The average molecular weight is 289 g/mol. The molecule has 0 aromatic heterocycles. The average Bonchev–Trinajstić information content (AvgIpc) is 2.55. The summed E-state index contributed by atoms with van der Waals surface area (Å²) >= 11 is 0. The lowest BCUT2D eigenvalue weighted by Crippen LogP contribution is -2.45. The number of hydrogen-bond acceptors (Lipinski definition) is 2. The molecule has 0 radical (unpaired) electrons. The largest absolute Gasteiger partial charge is 0.392 e. The number of aliphatic hydroxyl groups excluding tert-OH is 1. The van der Waals surface area contributed by atoms with E-state index < -0.39 is 0 Å². The Balaban J connectivity index is 2.04. The minimum atomic E-state index is -0.285. The molecule has 2 nitrogen and oxygen atoms in total. The van der Waals surface area contributed by atoms with Crippen molar-refractivity contribution in [2.75, 3.05) is 6.54 Å². The van der Waals surface area contributed by atoms with Crippen LogP contribution >= 0.6 is 0 Å². The van der Waals surface area contributed by atoms with Crippen LogP contribution in [0, 0.1) is 11.3 Å². The standard InChI is InChI=1S/C19H31NO/c1-3-16-8-7-11-19(13-16,14-20)18(21)12-15(2)17-9-5-4-6-10-17/h4-6,9-10,15-16,18,21H,3,7-8,11-14,20H2,1-2H3. The third-order valence-electron chi connectivity index (χ3n) is 5.62. The Morgan fingerprint density at radius 1 is 1.33 bits per heavy atom. The molecule has 118 valence electrons. The van der Waals surface area contributed by atoms with Crippen molar-refractivity contribution in [2.24, 2.45) is 17.1 Å². The lowest BCUT2D eigenvalue weighted by atomic mass is 9.64. The van der Waals surface area contributed by atoms with Crippen LogP contribution in [0.25, 0.3) is 0 Å². The van der Waals surface area contributed by atoms with E-state index in [-0.39, 0.29) is 11.5 Å². The van der Waals surface area contributed by atoms with Crippen molar-refractivity contribution in [3.05, 3.63) is 35.9 Å². The predicted molar refractivity (Wildman–Crippen MR) is 89.2 cm³/mol. The van der Waals surface area contributed by atoms with Gasteiger partial charge in [-0.1, -0.05) is 63.4 Å². The maximum Gasteiger partial charge on any atom is 0.0614 e. The number of hydrogen-bond donors (Lipinski definition) is 2. The summed E-state index contributed by atoms with van der Waals surface area (Å²) in [6, 6.07) is 10.5. The third kappa shape index (κ3) is 3.87. The summed E-state index contributed by atoms with van der Waals surface area (Å²) in [5, 5.41) is 10.9. The van der Waals surface area contributed by atoms with Gasteiger partial charge < -0.3 is 10.8 Å². The van der Waals surface area contributed by atoms with Gasteiger partial charge in [0.05, 0.1) is 6.10 Å². The number of nitrogens with two attached hydrogens (primary N) is 1. The zero-order valence-electron chi connectivity index (χ0n) is 13.6. The molecule has 1 aliphatic carbocycles. The highest BCUT2D eigenvalue weighted by Crippen LogP contribution is 2.44. The minimum absolute atomic E-state index is 0.0536. The fourth-order valence-corrected chi connectivity index (χ4v) is 4.00. The van der Waals surface area contributed by atoms with Crippen molar-refractivity contribution in [2.45, 2.75) is 64.4 Å². The van der Waals surface area contributed by atoms with E-state index in [1.807, 2.05) is 6.07 Å². The maximum atomic E-state index is 10.9. The van der Waals surface area contributed by atoms with Crippen molar-refractivity contribution in [3.63, 3.8) is 0 Å². The molecule has 0 aliphatic heterocycles. The molecule has 2 rings (SSSR count). The summed E-state index contributed by atoms with van der Waals surface area (Å²) in [5.74, 6) is 1.12. The van der Waals surface area contributed by atoms with Crippen LogP contribution in [0.4, 0.5) is 0 Å². The van der Waals surface area contributed by atoms with Crippen LogP contribution in [0.1, 0.15) is 63.9 Å². The van der Waals surface area contributed by atoms with Crippen LogP contribution in [0.15, 0.2) is 30.3 Å². The van der Waals surface area contributed by atoms with Crippen molar-refractivity contribution < 1.29 is 5.11 Å². The first-order chi connectivity index (χ1) is 10.1. The second kappa shape index (κ2) is 7.42. The van der Waals surface area contributed by atoms with Crippen molar-refractivity contribution in [1.29, 1.82) is 0 Å². The van der Waals surface area contributed by atoms with Gasteiger partial charge in [0.2, 0.25) is 0 Å². The van der Waals surface area contributed by atoms with Gasteiger partial charge in [0, 0.05) is 12.0 Å². The number of aliphatic hydroxyl groups is 1. The molecule has 1 fully saturated rings. The summed E-state index contributed by atoms with van der Waals surface area (Å²) in [6.45, 7) is 5.09. The van der Waals surface area contributed by atoms with Gasteiger partial charge in [-0.2, -0.15) is 0 Å². The SMILES string of the molecule is CCC1CCCC(CN)(C(O)CC(C)c2ccccc2)C1. The van der Waals surface area contributed by atoms with Crippen LogP contribution in [0.3, 0.4) is 0 Å². The molecule has 0 amide bonds. The molecule has 0 heterocycles. The molecule has 3 N–H and O–H groups in total. The van der Waals surface area contributed by atoms with Crippen LogP contribution in [0.5, 0.6) is 0 Å². The predicted octanol–water partition coefficient (Wildman–Crippen LogP) is 4.09. The smallest absolute Gasteiger partial charge is 0.0614 e. The van der Waals surface area contributed by atoms with Gasteiger partial charge >= 0.3 is 0 Å². The molecule has 0 spiro atoms. The Labute approximate surface area is 129 Å². The summed E-state index contributed by atoms with van der Waals surface area (Å²) < 4.78 is 0. The molecule has 4 atom stereocenters. The first-order valence-electron chi connectivity index (χ1n) is 8.54. The van der Waals surface area contributed by atoms with Gasteiger partial charge in [0.1, 0.15) is 0 Å². The molecular weight excluding hydrogens is 258 g/mol. The zero-order valence-corrected chi connectivity index (χ0v) is 13.6. The Bertz CT molecular complexity index is 419. The molecule has 1 aromatic carbocycles. The van der Waals surface area contributed by atoms with Gasteiger partial charge in [-0.3, -0.25) is 0 Å². The molecular formula is C19H31NO. The van der Waals surface area contributed by atoms with E-state index in [0.717, 1.165) is 25.2 Å². The highest BCUT2D eigenvalue weighted by Gasteiger charge is 2.41. The lowest BCUT2D eigenvalue weighted by Gasteiger charge is -2.44. The van der Waals surface area contributed by atoms with E-state index in [1.165, 1.54) is 24.8 Å². The Morgan fingerprint density at radius 3 is 2.67 bits per heavy atom. The highest BCUT2D eigenvalue weighted by molar-refractivity contribution is 5.19. The van der Waals surface area contributed by atoms with Gasteiger partial charge in [-0.05, 0) is 36.7 Å². The van der Waals surface area contributed by atoms with Crippen molar-refractivity contribution >= 4 is 0 Å². The van der Waals surface area contributed by atoms with E-state index in [0.29, 0.717) is 12.5 Å². The van der Waals surface area contributed by atoms with Crippen LogP contribution in [-0.2, 0) is 0 Å². The molecule has 1 aromatic rings. The van der Waals surface area contributed by atoms with E-state index in [4.69, 9.17) is 5.73 Å². The fraction of sp³-hybridized carbons (Fsp3) is 0.684. The molecule has 21 heavy (non-hydrogen) atoms. The molecule has 4 unspecified atom stereocenters. The lowest BCUT2D eigenvalue weighted by molar-refractivity contribution is -0.0219. The molecule has 1 aliphatic rings. The van der Waals surface area contributed by atoms with Gasteiger partial charge in [0.25, 0.3) is 0 Å². The third-order valence-corrected chi connectivity index (χ3v) is 5.62. The Hall–Kier alpha value is -0.860. The van der Waals surface area contributed by atoms with Gasteiger partial charge in [-0.15, -0.1) is 0 Å². The summed E-state index contributed by atoms with van der Waals surface area (Å²) in [5.41, 5.74) is 7.37. The fourth-order valence-electron chi connectivity index (χ4n) is 4.00. The maximum absolute atomic E-state index is 10.9. The van der Waals surface area contributed by atoms with Gasteiger partial charge in [0.15, 0.2) is 0 Å². The normalized spacial score (nSPS) is 29.0. The highest BCUT2D eigenvalue weighted by atomic mass is 16.3. The molecule has 0 saturated heterocycles. The quantitative estimate of drug-likeness (QED) is 0.828. The van der Waals surface area contributed by atoms with Crippen LogP contribution in [0.2, 0.25) is 0 Å². The van der Waals surface area contributed by atoms with E-state index in [1.54, 1.807) is 0 Å². The Kier molecular flexibility index (Phi) is 5.83. The van der Waals surface area contributed by atoms with Crippen LogP contribution in [-0.4, -0.2) is 17.8 Å². The van der Waals surface area contributed by atoms with E-state index in [2.05, 4.69) is 38.1 Å². The van der Waals surface area contributed by atoms with Crippen molar-refractivity contribution in [3.8, 4) is 0 Å².